The van der Waals surface area contributed by atoms with E-state index in [1.54, 1.807) is 4.90 Å². The molecule has 2 rings (SSSR count). The van der Waals surface area contributed by atoms with E-state index < -0.39 is 17.3 Å². The van der Waals surface area contributed by atoms with E-state index in [9.17, 15) is 13.6 Å². The standard InChI is InChI=1S/C15H21F2N3O/c1-3-11-9-19(2)5-4-6-20(11)15(21)10-7-12(16)14(18)13(17)8-10/h7-8,11H,3-6,9,18H2,1-2H3. The van der Waals surface area contributed by atoms with E-state index in [-0.39, 0.29) is 17.5 Å². The van der Waals surface area contributed by atoms with Gasteiger partial charge in [-0.05, 0) is 38.6 Å². The lowest BCUT2D eigenvalue weighted by Crippen LogP contribution is -2.43. The van der Waals surface area contributed by atoms with Gasteiger partial charge in [0.2, 0.25) is 0 Å². The number of nitrogens with two attached hydrogens (primary N) is 1. The largest absolute Gasteiger partial charge is 0.394 e. The Labute approximate surface area is 123 Å². The van der Waals surface area contributed by atoms with Gasteiger partial charge in [0, 0.05) is 24.7 Å². The van der Waals surface area contributed by atoms with E-state index in [0.717, 1.165) is 38.1 Å². The Bertz CT molecular complexity index is 513. The Kier molecular flexibility index (Phi) is 4.77. The average molecular weight is 297 g/mol. The first kappa shape index (κ1) is 15.7. The molecule has 6 heteroatoms. The Hall–Kier alpha value is -1.69. The molecule has 0 aromatic heterocycles. The molecular weight excluding hydrogens is 276 g/mol. The highest BCUT2D eigenvalue weighted by Gasteiger charge is 2.27. The molecule has 1 aliphatic rings. The smallest absolute Gasteiger partial charge is 0.254 e. The van der Waals surface area contributed by atoms with Crippen LogP contribution in [-0.2, 0) is 0 Å². The highest BCUT2D eigenvalue weighted by atomic mass is 19.1. The molecule has 21 heavy (non-hydrogen) atoms. The number of rotatable bonds is 2. The van der Waals surface area contributed by atoms with Crippen molar-refractivity contribution >= 4 is 11.6 Å². The Balaban J connectivity index is 2.29. The number of halogens is 2. The van der Waals surface area contributed by atoms with Crippen molar-refractivity contribution in [3.05, 3.63) is 29.3 Å². The second-order valence-electron chi connectivity index (χ2n) is 5.53. The Morgan fingerprint density at radius 1 is 1.33 bits per heavy atom. The van der Waals surface area contributed by atoms with E-state index in [0.29, 0.717) is 6.54 Å². The molecule has 1 amide bonds. The second kappa shape index (κ2) is 6.39. The van der Waals surface area contributed by atoms with Crippen molar-refractivity contribution in [2.45, 2.75) is 25.8 Å². The van der Waals surface area contributed by atoms with Crippen LogP contribution in [0.5, 0.6) is 0 Å². The van der Waals surface area contributed by atoms with Crippen molar-refractivity contribution in [1.29, 1.82) is 0 Å². The van der Waals surface area contributed by atoms with Crippen LogP contribution in [0.15, 0.2) is 12.1 Å². The van der Waals surface area contributed by atoms with Crippen LogP contribution in [0.25, 0.3) is 0 Å². The van der Waals surface area contributed by atoms with Crippen molar-refractivity contribution in [3.8, 4) is 0 Å². The lowest BCUT2D eigenvalue weighted by Gasteiger charge is -2.30. The van der Waals surface area contributed by atoms with E-state index in [4.69, 9.17) is 5.73 Å². The number of nitrogen functional groups attached to an aromatic ring is 1. The SMILES string of the molecule is CCC1CN(C)CCCN1C(=O)c1cc(F)c(N)c(F)c1. The zero-order chi connectivity index (χ0) is 15.6. The molecule has 1 aromatic carbocycles. The van der Waals surface area contributed by atoms with Gasteiger partial charge in [-0.3, -0.25) is 4.79 Å². The molecule has 0 aliphatic carbocycles. The molecule has 2 N–H and O–H groups in total. The fourth-order valence-electron chi connectivity index (χ4n) is 2.73. The number of benzene rings is 1. The molecule has 1 aliphatic heterocycles. The van der Waals surface area contributed by atoms with Crippen molar-refractivity contribution < 1.29 is 13.6 Å². The highest BCUT2D eigenvalue weighted by Crippen LogP contribution is 2.21. The minimum atomic E-state index is -0.890. The average Bonchev–Trinajstić information content (AvgIpc) is 2.64. The molecule has 1 atom stereocenters. The van der Waals surface area contributed by atoms with Crippen molar-refractivity contribution in [1.82, 2.24) is 9.80 Å². The summed E-state index contributed by atoms with van der Waals surface area (Å²) in [6.45, 7) is 4.27. The number of nitrogens with zero attached hydrogens (tertiary/aromatic N) is 2. The van der Waals surface area contributed by atoms with Gasteiger partial charge in [0.1, 0.15) is 17.3 Å². The van der Waals surface area contributed by atoms with Gasteiger partial charge < -0.3 is 15.5 Å². The molecule has 1 saturated heterocycles. The van der Waals surface area contributed by atoms with Crippen LogP contribution in [0.4, 0.5) is 14.5 Å². The van der Waals surface area contributed by atoms with Crippen LogP contribution in [0.3, 0.4) is 0 Å². The summed E-state index contributed by atoms with van der Waals surface area (Å²) in [7, 11) is 2.01. The first-order chi connectivity index (χ1) is 9.93. The van der Waals surface area contributed by atoms with Crippen LogP contribution in [-0.4, -0.2) is 48.4 Å². The van der Waals surface area contributed by atoms with Gasteiger partial charge in [-0.1, -0.05) is 6.92 Å². The Morgan fingerprint density at radius 2 is 1.95 bits per heavy atom. The molecule has 0 bridgehead atoms. The summed E-state index contributed by atoms with van der Waals surface area (Å²) in [5, 5.41) is 0. The van der Waals surface area contributed by atoms with Crippen LogP contribution in [0.1, 0.15) is 30.1 Å². The first-order valence-corrected chi connectivity index (χ1v) is 7.18. The van der Waals surface area contributed by atoms with Crippen molar-refractivity contribution in [2.75, 3.05) is 32.4 Å². The molecule has 116 valence electrons. The van der Waals surface area contributed by atoms with Crippen molar-refractivity contribution in [3.63, 3.8) is 0 Å². The maximum absolute atomic E-state index is 13.5. The molecular formula is C15H21F2N3O. The van der Waals surface area contributed by atoms with E-state index >= 15 is 0 Å². The van der Waals surface area contributed by atoms with Gasteiger partial charge in [-0.25, -0.2) is 8.78 Å². The van der Waals surface area contributed by atoms with Crippen LogP contribution in [0, 0.1) is 11.6 Å². The molecule has 1 aromatic rings. The molecule has 1 unspecified atom stereocenters. The monoisotopic (exact) mass is 297 g/mol. The van der Waals surface area contributed by atoms with E-state index in [1.165, 1.54) is 0 Å². The normalized spacial score (nSPS) is 20.4. The molecule has 0 spiro atoms. The summed E-state index contributed by atoms with van der Waals surface area (Å²) in [4.78, 5) is 16.5. The maximum atomic E-state index is 13.5. The van der Waals surface area contributed by atoms with E-state index in [2.05, 4.69) is 4.90 Å². The lowest BCUT2D eigenvalue weighted by atomic mass is 10.1. The van der Waals surface area contributed by atoms with E-state index in [1.807, 2.05) is 14.0 Å². The van der Waals surface area contributed by atoms with Gasteiger partial charge in [-0.2, -0.15) is 0 Å². The van der Waals surface area contributed by atoms with Gasteiger partial charge in [0.25, 0.3) is 5.91 Å². The number of carbonyl (C=O) groups is 1. The predicted octanol–water partition coefficient (Wildman–Crippen LogP) is 2.10. The fourth-order valence-corrected chi connectivity index (χ4v) is 2.73. The summed E-state index contributed by atoms with van der Waals surface area (Å²) < 4.78 is 27.1. The topological polar surface area (TPSA) is 49.6 Å². The third-order valence-corrected chi connectivity index (χ3v) is 3.96. The summed E-state index contributed by atoms with van der Waals surface area (Å²) in [5.41, 5.74) is 4.71. The van der Waals surface area contributed by atoms with Crippen molar-refractivity contribution in [2.24, 2.45) is 0 Å². The molecule has 4 nitrogen and oxygen atoms in total. The summed E-state index contributed by atoms with van der Waals surface area (Å²) in [6, 6.07) is 2.08. The van der Waals surface area contributed by atoms with Crippen LogP contribution < -0.4 is 5.73 Å². The Morgan fingerprint density at radius 3 is 2.52 bits per heavy atom. The predicted molar refractivity (Wildman–Crippen MR) is 78.0 cm³/mol. The molecule has 1 heterocycles. The minimum absolute atomic E-state index is 0.0159. The molecule has 1 fully saturated rings. The summed E-state index contributed by atoms with van der Waals surface area (Å²) in [5.74, 6) is -2.12. The third-order valence-electron chi connectivity index (χ3n) is 3.96. The number of amides is 1. The number of hydrogen-bond donors (Lipinski definition) is 1. The highest BCUT2D eigenvalue weighted by molar-refractivity contribution is 5.95. The van der Waals surface area contributed by atoms with Gasteiger partial charge >= 0.3 is 0 Å². The van der Waals surface area contributed by atoms with Gasteiger partial charge in [0.15, 0.2) is 0 Å². The van der Waals surface area contributed by atoms with Gasteiger partial charge in [0.05, 0.1) is 0 Å². The number of hydrogen-bond acceptors (Lipinski definition) is 3. The number of anilines is 1. The lowest BCUT2D eigenvalue weighted by molar-refractivity contribution is 0.0674. The number of carbonyl (C=O) groups excluding carboxylic acids is 1. The second-order valence-corrected chi connectivity index (χ2v) is 5.53. The van der Waals surface area contributed by atoms with Gasteiger partial charge in [-0.15, -0.1) is 0 Å². The minimum Gasteiger partial charge on any atom is -0.394 e. The van der Waals surface area contributed by atoms with Crippen LogP contribution in [0.2, 0.25) is 0 Å². The molecule has 0 radical (unpaired) electrons. The van der Waals surface area contributed by atoms with Crippen LogP contribution >= 0.6 is 0 Å². The third kappa shape index (κ3) is 3.32. The zero-order valence-electron chi connectivity index (χ0n) is 12.4. The fraction of sp³-hybridized carbons (Fsp3) is 0.533. The summed E-state index contributed by atoms with van der Waals surface area (Å²) in [6.07, 6.45) is 1.65. The maximum Gasteiger partial charge on any atom is 0.254 e. The summed E-state index contributed by atoms with van der Waals surface area (Å²) >= 11 is 0. The first-order valence-electron chi connectivity index (χ1n) is 7.18. The quantitative estimate of drug-likeness (QED) is 0.851. The zero-order valence-corrected chi connectivity index (χ0v) is 12.4. The number of likely N-dealkylation sites (N-methyl/N-ethyl adjacent to an activating group) is 1. The molecule has 0 saturated carbocycles.